The number of nitrogens with zero attached hydrogens (tertiary/aromatic N) is 4. The van der Waals surface area contributed by atoms with Crippen LogP contribution in [0.2, 0.25) is 5.02 Å². The molecular formula is C25H23ClN6OS. The van der Waals surface area contributed by atoms with E-state index in [0.29, 0.717) is 23.3 Å². The molecule has 0 atom stereocenters. The summed E-state index contributed by atoms with van der Waals surface area (Å²) in [5, 5.41) is 19.5. The zero-order valence-corrected chi connectivity index (χ0v) is 19.9. The standard InChI is InChI=1S/C25H23ClN6OS/c1-2-14-32-23(16-27-22-13-7-10-18-8-3-5-11-20(18)22)29-31-25(32)34-17-24(33)30-28-15-19-9-4-6-12-21(19)26/h2-13,15,27H,1,14,16-17H2,(H,30,33). The summed E-state index contributed by atoms with van der Waals surface area (Å²) in [5.41, 5.74) is 4.26. The molecule has 7 nitrogen and oxygen atoms in total. The fraction of sp³-hybridized carbons (Fsp3) is 0.120. The number of rotatable bonds is 10. The average Bonchev–Trinajstić information content (AvgIpc) is 3.24. The Morgan fingerprint density at radius 3 is 2.74 bits per heavy atom. The van der Waals surface area contributed by atoms with Crippen molar-refractivity contribution >= 4 is 51.9 Å². The fourth-order valence-corrected chi connectivity index (χ4v) is 4.28. The summed E-state index contributed by atoms with van der Waals surface area (Å²) in [7, 11) is 0. The molecule has 0 aliphatic carbocycles. The van der Waals surface area contributed by atoms with Crippen molar-refractivity contribution in [2.45, 2.75) is 18.2 Å². The highest BCUT2D eigenvalue weighted by Gasteiger charge is 2.14. The molecule has 34 heavy (non-hydrogen) atoms. The molecule has 0 aliphatic heterocycles. The Morgan fingerprint density at radius 1 is 1.09 bits per heavy atom. The highest BCUT2D eigenvalue weighted by atomic mass is 35.5. The Kier molecular flexibility index (Phi) is 7.95. The second kappa shape index (κ2) is 11.5. The lowest BCUT2D eigenvalue weighted by Gasteiger charge is -2.11. The van der Waals surface area contributed by atoms with Crippen molar-refractivity contribution in [2.24, 2.45) is 5.10 Å². The van der Waals surface area contributed by atoms with E-state index in [-0.39, 0.29) is 11.7 Å². The molecule has 1 aromatic heterocycles. The third-order valence-electron chi connectivity index (χ3n) is 4.96. The van der Waals surface area contributed by atoms with Crippen LogP contribution >= 0.6 is 23.4 Å². The molecule has 9 heteroatoms. The topological polar surface area (TPSA) is 84.2 Å². The molecule has 4 aromatic rings. The molecule has 4 rings (SSSR count). The number of halogens is 1. The maximum atomic E-state index is 12.2. The first-order valence-electron chi connectivity index (χ1n) is 10.6. The number of allylic oxidation sites excluding steroid dienone is 1. The Morgan fingerprint density at radius 2 is 1.88 bits per heavy atom. The number of hydrazone groups is 1. The van der Waals surface area contributed by atoms with Gasteiger partial charge in [-0.1, -0.05) is 84.0 Å². The first-order valence-corrected chi connectivity index (χ1v) is 12.0. The van der Waals surface area contributed by atoms with Crippen LogP contribution in [0.4, 0.5) is 5.69 Å². The molecule has 0 spiro atoms. The van der Waals surface area contributed by atoms with Gasteiger partial charge in [-0.15, -0.1) is 16.8 Å². The first-order chi connectivity index (χ1) is 16.7. The van der Waals surface area contributed by atoms with Gasteiger partial charge in [0, 0.05) is 28.2 Å². The van der Waals surface area contributed by atoms with Crippen LogP contribution in [0.25, 0.3) is 10.8 Å². The van der Waals surface area contributed by atoms with E-state index in [1.54, 1.807) is 12.1 Å². The van der Waals surface area contributed by atoms with Crippen LogP contribution in [-0.2, 0) is 17.9 Å². The van der Waals surface area contributed by atoms with E-state index in [1.807, 2.05) is 47.0 Å². The summed E-state index contributed by atoms with van der Waals surface area (Å²) >= 11 is 7.38. The minimum Gasteiger partial charge on any atom is -0.377 e. The van der Waals surface area contributed by atoms with Crippen molar-refractivity contribution < 1.29 is 4.79 Å². The molecule has 0 saturated carbocycles. The minimum absolute atomic E-state index is 0.145. The van der Waals surface area contributed by atoms with Crippen molar-refractivity contribution in [1.29, 1.82) is 0 Å². The van der Waals surface area contributed by atoms with Crippen molar-refractivity contribution in [2.75, 3.05) is 11.1 Å². The van der Waals surface area contributed by atoms with Crippen LogP contribution in [0.1, 0.15) is 11.4 Å². The zero-order valence-electron chi connectivity index (χ0n) is 18.3. The normalized spacial score (nSPS) is 11.1. The predicted octanol–water partition coefficient (Wildman–Crippen LogP) is 5.13. The number of carbonyl (C=O) groups excluding carboxylic acids is 1. The predicted molar refractivity (Wildman–Crippen MR) is 139 cm³/mol. The molecule has 0 aliphatic rings. The van der Waals surface area contributed by atoms with Crippen molar-refractivity contribution in [3.05, 3.63) is 95.8 Å². The van der Waals surface area contributed by atoms with Gasteiger partial charge in [0.25, 0.3) is 5.91 Å². The van der Waals surface area contributed by atoms with E-state index in [2.05, 4.69) is 50.8 Å². The smallest absolute Gasteiger partial charge is 0.250 e. The van der Waals surface area contributed by atoms with Crippen LogP contribution in [0.5, 0.6) is 0 Å². The molecule has 2 N–H and O–H groups in total. The van der Waals surface area contributed by atoms with Crippen LogP contribution < -0.4 is 10.7 Å². The van der Waals surface area contributed by atoms with Gasteiger partial charge >= 0.3 is 0 Å². The molecule has 3 aromatic carbocycles. The van der Waals surface area contributed by atoms with Gasteiger partial charge in [0.15, 0.2) is 11.0 Å². The largest absolute Gasteiger partial charge is 0.377 e. The Labute approximate surface area is 206 Å². The lowest BCUT2D eigenvalue weighted by Crippen LogP contribution is -2.20. The van der Waals surface area contributed by atoms with Crippen LogP contribution in [-0.4, -0.2) is 32.6 Å². The zero-order chi connectivity index (χ0) is 23.8. The summed E-state index contributed by atoms with van der Waals surface area (Å²) in [6.07, 6.45) is 3.30. The Balaban J connectivity index is 1.37. The van der Waals surface area contributed by atoms with E-state index in [9.17, 15) is 4.79 Å². The second-order valence-corrected chi connectivity index (χ2v) is 8.63. The molecule has 0 unspecified atom stereocenters. The first kappa shape index (κ1) is 23.5. The Bertz CT molecular complexity index is 1330. The third-order valence-corrected chi connectivity index (χ3v) is 6.27. The second-order valence-electron chi connectivity index (χ2n) is 7.28. The van der Waals surface area contributed by atoms with Crippen molar-refractivity contribution in [3.63, 3.8) is 0 Å². The average molecular weight is 491 g/mol. The number of fused-ring (bicyclic) bond motifs is 1. The molecule has 1 amide bonds. The van der Waals surface area contributed by atoms with Gasteiger partial charge in [-0.2, -0.15) is 5.10 Å². The summed E-state index contributed by atoms with van der Waals surface area (Å²) in [4.78, 5) is 12.2. The van der Waals surface area contributed by atoms with Gasteiger partial charge < -0.3 is 9.88 Å². The number of anilines is 1. The SMILES string of the molecule is C=CCn1c(CNc2cccc3ccccc23)nnc1SCC(=O)NN=Cc1ccccc1Cl. The lowest BCUT2D eigenvalue weighted by atomic mass is 10.1. The van der Waals surface area contributed by atoms with E-state index in [0.717, 1.165) is 22.5 Å². The van der Waals surface area contributed by atoms with Gasteiger partial charge in [0.05, 0.1) is 18.5 Å². The minimum atomic E-state index is -0.253. The number of nitrogens with one attached hydrogen (secondary N) is 2. The van der Waals surface area contributed by atoms with Crippen LogP contribution in [0.15, 0.2) is 89.6 Å². The molecule has 0 radical (unpaired) electrons. The maximum absolute atomic E-state index is 12.2. The summed E-state index contributed by atoms with van der Waals surface area (Å²) in [6, 6.07) is 21.6. The van der Waals surface area contributed by atoms with Gasteiger partial charge in [-0.05, 0) is 17.5 Å². The number of carbonyl (C=O) groups is 1. The quantitative estimate of drug-likeness (QED) is 0.139. The number of benzene rings is 3. The lowest BCUT2D eigenvalue weighted by molar-refractivity contribution is -0.118. The van der Waals surface area contributed by atoms with Gasteiger partial charge in [-0.3, -0.25) is 4.79 Å². The van der Waals surface area contributed by atoms with E-state index >= 15 is 0 Å². The molecule has 1 heterocycles. The highest BCUT2D eigenvalue weighted by Crippen LogP contribution is 2.24. The third kappa shape index (κ3) is 5.84. The monoisotopic (exact) mass is 490 g/mol. The number of thioether (sulfide) groups is 1. The van der Waals surface area contributed by atoms with Gasteiger partial charge in [0.1, 0.15) is 0 Å². The molecular weight excluding hydrogens is 468 g/mol. The molecule has 0 fully saturated rings. The summed E-state index contributed by atoms with van der Waals surface area (Å²) in [6.45, 7) is 4.86. The van der Waals surface area contributed by atoms with Crippen molar-refractivity contribution in [3.8, 4) is 0 Å². The van der Waals surface area contributed by atoms with E-state index in [4.69, 9.17) is 11.6 Å². The maximum Gasteiger partial charge on any atom is 0.250 e. The molecule has 0 bridgehead atoms. The molecule has 172 valence electrons. The van der Waals surface area contributed by atoms with Crippen LogP contribution in [0.3, 0.4) is 0 Å². The fourth-order valence-electron chi connectivity index (χ4n) is 3.34. The summed E-state index contributed by atoms with van der Waals surface area (Å²) in [5.74, 6) is 0.649. The highest BCUT2D eigenvalue weighted by molar-refractivity contribution is 7.99. The Hall–Kier alpha value is -3.62. The number of hydrogen-bond acceptors (Lipinski definition) is 6. The van der Waals surface area contributed by atoms with Crippen LogP contribution in [0, 0.1) is 0 Å². The van der Waals surface area contributed by atoms with Gasteiger partial charge in [0.2, 0.25) is 0 Å². The summed E-state index contributed by atoms with van der Waals surface area (Å²) < 4.78 is 1.94. The van der Waals surface area contributed by atoms with Crippen molar-refractivity contribution in [1.82, 2.24) is 20.2 Å². The number of amides is 1. The number of hydrogen-bond donors (Lipinski definition) is 2. The van der Waals surface area contributed by atoms with E-state index in [1.165, 1.54) is 23.4 Å². The van der Waals surface area contributed by atoms with E-state index < -0.39 is 0 Å². The number of aromatic nitrogens is 3. The van der Waals surface area contributed by atoms with Gasteiger partial charge in [-0.25, -0.2) is 5.43 Å². The molecule has 0 saturated heterocycles.